The zero-order valence-corrected chi connectivity index (χ0v) is 7.28. The molecule has 3 rings (SSSR count). The third-order valence-corrected chi connectivity index (χ3v) is 3.46. The van der Waals surface area contributed by atoms with Crippen molar-refractivity contribution in [2.24, 2.45) is 17.6 Å². The number of quaternary nitrogens is 1. The predicted molar refractivity (Wildman–Crippen MR) is 47.7 cm³/mol. The van der Waals surface area contributed by atoms with E-state index in [0.29, 0.717) is 18.4 Å². The number of fused-ring (bicyclic) bond motifs is 3. The standard InChI is InChI=1S/C9H16N2O/c1-2-7-6-11(12)4-3-8(7)5-9(11)10/h2,7-9H,1,3-6,10H2. The van der Waals surface area contributed by atoms with Crippen LogP contribution in [0.5, 0.6) is 0 Å². The topological polar surface area (TPSA) is 49.1 Å². The summed E-state index contributed by atoms with van der Waals surface area (Å²) in [5.74, 6) is 1.04. The molecule has 3 saturated heterocycles. The Morgan fingerprint density at radius 1 is 1.58 bits per heavy atom. The van der Waals surface area contributed by atoms with E-state index < -0.39 is 0 Å². The number of hydrogen-bond donors (Lipinski definition) is 1. The number of hydrogen-bond acceptors (Lipinski definition) is 2. The van der Waals surface area contributed by atoms with E-state index in [0.717, 1.165) is 19.4 Å². The van der Waals surface area contributed by atoms with Crippen molar-refractivity contribution in [2.75, 3.05) is 13.1 Å². The molecule has 4 atom stereocenters. The highest BCUT2D eigenvalue weighted by atomic mass is 16.6. The fourth-order valence-corrected chi connectivity index (χ4v) is 2.56. The first kappa shape index (κ1) is 8.23. The average molecular weight is 168 g/mol. The van der Waals surface area contributed by atoms with Crippen LogP contribution in [0.15, 0.2) is 12.7 Å². The second-order valence-electron chi connectivity index (χ2n) is 4.11. The number of rotatable bonds is 1. The third kappa shape index (κ3) is 1.01. The highest BCUT2D eigenvalue weighted by Gasteiger charge is 2.44. The molecule has 12 heavy (non-hydrogen) atoms. The van der Waals surface area contributed by atoms with Gasteiger partial charge in [0.05, 0.1) is 13.1 Å². The summed E-state index contributed by atoms with van der Waals surface area (Å²) in [6.45, 7) is 5.15. The van der Waals surface area contributed by atoms with E-state index in [-0.39, 0.29) is 10.8 Å². The molecule has 0 radical (unpaired) electrons. The summed E-state index contributed by atoms with van der Waals surface area (Å²) in [6, 6.07) is 0. The number of hydroxylamine groups is 3. The minimum absolute atomic E-state index is 0.167. The molecule has 4 unspecified atom stereocenters. The lowest BCUT2D eigenvalue weighted by Crippen LogP contribution is -2.66. The smallest absolute Gasteiger partial charge is 0.140 e. The highest BCUT2D eigenvalue weighted by Crippen LogP contribution is 2.39. The molecule has 0 aliphatic carbocycles. The minimum atomic E-state index is -0.173. The van der Waals surface area contributed by atoms with Crippen LogP contribution in [0.2, 0.25) is 0 Å². The van der Waals surface area contributed by atoms with Crippen LogP contribution >= 0.6 is 0 Å². The van der Waals surface area contributed by atoms with Crippen LogP contribution in [0.3, 0.4) is 0 Å². The Bertz CT molecular complexity index is 207. The quantitative estimate of drug-likeness (QED) is 0.358. The molecule has 68 valence electrons. The van der Waals surface area contributed by atoms with Gasteiger partial charge in [-0.25, -0.2) is 0 Å². The largest absolute Gasteiger partial charge is 0.632 e. The summed E-state index contributed by atoms with van der Waals surface area (Å²) in [5.41, 5.74) is 5.80. The first-order chi connectivity index (χ1) is 5.65. The van der Waals surface area contributed by atoms with Gasteiger partial charge in [-0.1, -0.05) is 6.08 Å². The van der Waals surface area contributed by atoms with Gasteiger partial charge in [-0.15, -0.1) is 6.58 Å². The first-order valence-corrected chi connectivity index (χ1v) is 4.61. The van der Waals surface area contributed by atoms with Crippen LogP contribution in [0.25, 0.3) is 0 Å². The van der Waals surface area contributed by atoms with Crippen molar-refractivity contribution < 1.29 is 4.65 Å². The zero-order chi connectivity index (χ0) is 8.77. The molecular weight excluding hydrogens is 152 g/mol. The molecule has 0 spiro atoms. The normalized spacial score (nSPS) is 52.3. The molecule has 3 aliphatic rings. The molecule has 2 bridgehead atoms. The number of nitrogens with zero attached hydrogens (tertiary/aromatic N) is 1. The summed E-state index contributed by atoms with van der Waals surface area (Å²) < 4.78 is -0.173. The van der Waals surface area contributed by atoms with E-state index in [1.807, 2.05) is 6.08 Å². The van der Waals surface area contributed by atoms with Crippen LogP contribution in [0, 0.1) is 17.0 Å². The van der Waals surface area contributed by atoms with E-state index in [4.69, 9.17) is 5.73 Å². The molecule has 0 aromatic rings. The SMILES string of the molecule is C=CC1C[N+]2([O-])CCC1CC2N. The van der Waals surface area contributed by atoms with Crippen LogP contribution in [-0.2, 0) is 0 Å². The van der Waals surface area contributed by atoms with Gasteiger partial charge in [0.2, 0.25) is 0 Å². The lowest BCUT2D eigenvalue weighted by molar-refractivity contribution is -0.925. The third-order valence-electron chi connectivity index (χ3n) is 3.46. The van der Waals surface area contributed by atoms with Gasteiger partial charge in [0, 0.05) is 18.8 Å². The zero-order valence-electron chi connectivity index (χ0n) is 7.28. The summed E-state index contributed by atoms with van der Waals surface area (Å²) in [7, 11) is 0. The molecule has 3 heteroatoms. The summed E-state index contributed by atoms with van der Waals surface area (Å²) in [6.07, 6.45) is 3.69. The average Bonchev–Trinajstić information content (AvgIpc) is 2.07. The summed E-state index contributed by atoms with van der Waals surface area (Å²) >= 11 is 0. The van der Waals surface area contributed by atoms with Crippen molar-refractivity contribution in [3.8, 4) is 0 Å². The Morgan fingerprint density at radius 3 is 2.83 bits per heavy atom. The van der Waals surface area contributed by atoms with E-state index in [2.05, 4.69) is 6.58 Å². The molecule has 3 fully saturated rings. The Morgan fingerprint density at radius 2 is 2.33 bits per heavy atom. The fourth-order valence-electron chi connectivity index (χ4n) is 2.56. The van der Waals surface area contributed by atoms with E-state index in [1.165, 1.54) is 0 Å². The van der Waals surface area contributed by atoms with Crippen LogP contribution < -0.4 is 5.73 Å². The van der Waals surface area contributed by atoms with Crippen molar-refractivity contribution in [3.63, 3.8) is 0 Å². The van der Waals surface area contributed by atoms with Gasteiger partial charge in [0.25, 0.3) is 0 Å². The summed E-state index contributed by atoms with van der Waals surface area (Å²) in [4.78, 5) is 0. The fraction of sp³-hybridized carbons (Fsp3) is 0.778. The molecule has 0 aromatic carbocycles. The minimum Gasteiger partial charge on any atom is -0.632 e. The van der Waals surface area contributed by atoms with Crippen LogP contribution in [0.4, 0.5) is 0 Å². The van der Waals surface area contributed by atoms with Gasteiger partial charge in [0.15, 0.2) is 0 Å². The monoisotopic (exact) mass is 168 g/mol. The number of piperidine rings is 3. The van der Waals surface area contributed by atoms with Crippen LogP contribution in [-0.4, -0.2) is 23.9 Å². The number of nitrogens with two attached hydrogens (primary N) is 1. The lowest BCUT2D eigenvalue weighted by Gasteiger charge is -2.58. The van der Waals surface area contributed by atoms with Crippen molar-refractivity contribution in [1.29, 1.82) is 0 Å². The molecule has 0 amide bonds. The molecule has 0 saturated carbocycles. The Hall–Kier alpha value is -0.380. The Labute approximate surface area is 73.0 Å². The van der Waals surface area contributed by atoms with E-state index in [1.54, 1.807) is 0 Å². The maximum absolute atomic E-state index is 12.0. The highest BCUT2D eigenvalue weighted by molar-refractivity contribution is 4.92. The van der Waals surface area contributed by atoms with Crippen molar-refractivity contribution in [3.05, 3.63) is 17.9 Å². The molecule has 3 aliphatic heterocycles. The second kappa shape index (κ2) is 2.55. The maximum atomic E-state index is 12.0. The van der Waals surface area contributed by atoms with Crippen molar-refractivity contribution in [2.45, 2.75) is 19.0 Å². The van der Waals surface area contributed by atoms with Crippen LogP contribution in [0.1, 0.15) is 12.8 Å². The second-order valence-corrected chi connectivity index (χ2v) is 4.11. The lowest BCUT2D eigenvalue weighted by atomic mass is 9.77. The van der Waals surface area contributed by atoms with E-state index >= 15 is 0 Å². The molecular formula is C9H16N2O. The first-order valence-electron chi connectivity index (χ1n) is 4.61. The van der Waals surface area contributed by atoms with Gasteiger partial charge in [-0.05, 0) is 5.92 Å². The molecule has 3 heterocycles. The van der Waals surface area contributed by atoms with Gasteiger partial charge < -0.3 is 9.85 Å². The van der Waals surface area contributed by atoms with Crippen molar-refractivity contribution in [1.82, 2.24) is 0 Å². The Balaban J connectivity index is 2.20. The Kier molecular flexibility index (Phi) is 1.75. The van der Waals surface area contributed by atoms with Gasteiger partial charge >= 0.3 is 0 Å². The van der Waals surface area contributed by atoms with Gasteiger partial charge in [-0.3, -0.25) is 5.73 Å². The summed E-state index contributed by atoms with van der Waals surface area (Å²) in [5, 5.41) is 12.0. The molecule has 2 N–H and O–H groups in total. The van der Waals surface area contributed by atoms with E-state index in [9.17, 15) is 5.21 Å². The molecule has 3 nitrogen and oxygen atoms in total. The van der Waals surface area contributed by atoms with Gasteiger partial charge in [-0.2, -0.15) is 0 Å². The molecule has 0 aromatic heterocycles. The maximum Gasteiger partial charge on any atom is 0.140 e. The van der Waals surface area contributed by atoms with Crippen molar-refractivity contribution >= 4 is 0 Å². The van der Waals surface area contributed by atoms with Gasteiger partial charge in [0.1, 0.15) is 6.17 Å². The predicted octanol–water partition coefficient (Wildman–Crippen LogP) is 0.812.